The highest BCUT2D eigenvalue weighted by atomic mass is 16.3. The second-order valence-electron chi connectivity index (χ2n) is 5.65. The lowest BCUT2D eigenvalue weighted by Gasteiger charge is -2.36. The topological polar surface area (TPSA) is 35.5 Å². The standard InChI is InChI=1S/C13H26N2O/c1-11(10-16)8-15-7-3-4-12(9-15)13-5-2-6-14-13/h11-14,16H,2-10H2,1H3. The van der Waals surface area contributed by atoms with Crippen molar-refractivity contribution in [2.75, 3.05) is 32.8 Å². The van der Waals surface area contributed by atoms with Gasteiger partial charge >= 0.3 is 0 Å². The Bertz CT molecular complexity index is 204. The molecule has 3 atom stereocenters. The second-order valence-corrected chi connectivity index (χ2v) is 5.65. The van der Waals surface area contributed by atoms with Crippen LogP contribution in [0.3, 0.4) is 0 Å². The molecule has 94 valence electrons. The van der Waals surface area contributed by atoms with Crippen molar-refractivity contribution < 1.29 is 5.11 Å². The molecule has 3 unspecified atom stereocenters. The van der Waals surface area contributed by atoms with Gasteiger partial charge in [0.05, 0.1) is 0 Å². The van der Waals surface area contributed by atoms with Crippen LogP contribution in [0.2, 0.25) is 0 Å². The Morgan fingerprint density at radius 2 is 2.25 bits per heavy atom. The van der Waals surface area contributed by atoms with Crippen molar-refractivity contribution in [3.05, 3.63) is 0 Å². The third-order valence-corrected chi connectivity index (χ3v) is 4.09. The molecule has 2 rings (SSSR count). The van der Waals surface area contributed by atoms with Gasteiger partial charge in [-0.15, -0.1) is 0 Å². The number of nitrogens with one attached hydrogen (secondary N) is 1. The van der Waals surface area contributed by atoms with Gasteiger partial charge in [0.2, 0.25) is 0 Å². The molecule has 2 aliphatic heterocycles. The van der Waals surface area contributed by atoms with Gasteiger partial charge < -0.3 is 15.3 Å². The van der Waals surface area contributed by atoms with Crippen LogP contribution in [0.1, 0.15) is 32.6 Å². The minimum absolute atomic E-state index is 0.322. The summed E-state index contributed by atoms with van der Waals surface area (Å²) in [6.45, 7) is 7.21. The number of piperidine rings is 1. The molecular formula is C13H26N2O. The van der Waals surface area contributed by atoms with E-state index in [0.717, 1.165) is 18.5 Å². The summed E-state index contributed by atoms with van der Waals surface area (Å²) in [5, 5.41) is 12.7. The van der Waals surface area contributed by atoms with Crippen LogP contribution in [-0.4, -0.2) is 48.8 Å². The fraction of sp³-hybridized carbons (Fsp3) is 1.00. The number of hydrogen-bond acceptors (Lipinski definition) is 3. The fourth-order valence-electron chi connectivity index (χ4n) is 3.20. The zero-order valence-corrected chi connectivity index (χ0v) is 10.5. The maximum Gasteiger partial charge on any atom is 0.0468 e. The molecule has 0 spiro atoms. The van der Waals surface area contributed by atoms with Crippen molar-refractivity contribution in [2.24, 2.45) is 11.8 Å². The van der Waals surface area contributed by atoms with Crippen molar-refractivity contribution in [2.45, 2.75) is 38.6 Å². The molecule has 0 bridgehead atoms. The predicted octanol–water partition coefficient (Wildman–Crippen LogP) is 1.08. The molecule has 0 aromatic carbocycles. The molecule has 0 aromatic heterocycles. The number of nitrogens with zero attached hydrogens (tertiary/aromatic N) is 1. The Morgan fingerprint density at radius 3 is 2.94 bits per heavy atom. The number of rotatable bonds is 4. The summed E-state index contributed by atoms with van der Waals surface area (Å²) in [6, 6.07) is 0.771. The molecular weight excluding hydrogens is 200 g/mol. The van der Waals surface area contributed by atoms with Gasteiger partial charge in [-0.25, -0.2) is 0 Å². The van der Waals surface area contributed by atoms with Gasteiger partial charge in [-0.2, -0.15) is 0 Å². The Balaban J connectivity index is 1.79. The first kappa shape index (κ1) is 12.3. The number of likely N-dealkylation sites (tertiary alicyclic amines) is 1. The van der Waals surface area contributed by atoms with E-state index < -0.39 is 0 Å². The van der Waals surface area contributed by atoms with Crippen LogP contribution in [0, 0.1) is 11.8 Å². The van der Waals surface area contributed by atoms with E-state index in [-0.39, 0.29) is 0 Å². The van der Waals surface area contributed by atoms with Gasteiger partial charge in [-0.1, -0.05) is 6.92 Å². The normalized spacial score (nSPS) is 34.1. The van der Waals surface area contributed by atoms with Crippen LogP contribution in [0.25, 0.3) is 0 Å². The van der Waals surface area contributed by atoms with Crippen molar-refractivity contribution in [1.82, 2.24) is 10.2 Å². The smallest absolute Gasteiger partial charge is 0.0468 e. The van der Waals surface area contributed by atoms with Gasteiger partial charge in [0.1, 0.15) is 0 Å². The molecule has 0 saturated carbocycles. The lowest BCUT2D eigenvalue weighted by Crippen LogP contribution is -2.45. The summed E-state index contributed by atoms with van der Waals surface area (Å²) in [5.74, 6) is 1.28. The van der Waals surface area contributed by atoms with Crippen LogP contribution in [-0.2, 0) is 0 Å². The first-order valence-electron chi connectivity index (χ1n) is 6.86. The molecule has 2 aliphatic rings. The lowest BCUT2D eigenvalue weighted by atomic mass is 9.89. The van der Waals surface area contributed by atoms with Crippen LogP contribution in [0.5, 0.6) is 0 Å². The average Bonchev–Trinajstić information content (AvgIpc) is 2.83. The summed E-state index contributed by atoms with van der Waals surface area (Å²) in [6.07, 6.45) is 5.45. The molecule has 2 heterocycles. The van der Waals surface area contributed by atoms with E-state index >= 15 is 0 Å². The van der Waals surface area contributed by atoms with Crippen LogP contribution >= 0.6 is 0 Å². The summed E-state index contributed by atoms with van der Waals surface area (Å²) in [7, 11) is 0. The third-order valence-electron chi connectivity index (χ3n) is 4.09. The highest BCUT2D eigenvalue weighted by Crippen LogP contribution is 2.25. The second kappa shape index (κ2) is 5.99. The zero-order chi connectivity index (χ0) is 11.4. The first-order valence-corrected chi connectivity index (χ1v) is 6.86. The highest BCUT2D eigenvalue weighted by Gasteiger charge is 2.29. The van der Waals surface area contributed by atoms with Crippen LogP contribution in [0.4, 0.5) is 0 Å². The average molecular weight is 226 g/mol. The fourth-order valence-corrected chi connectivity index (χ4v) is 3.20. The Morgan fingerprint density at radius 1 is 1.38 bits per heavy atom. The van der Waals surface area contributed by atoms with Crippen molar-refractivity contribution in [3.8, 4) is 0 Å². The van der Waals surface area contributed by atoms with Gasteiger partial charge in [0.15, 0.2) is 0 Å². The predicted molar refractivity (Wildman–Crippen MR) is 66.4 cm³/mol. The lowest BCUT2D eigenvalue weighted by molar-refractivity contribution is 0.115. The molecule has 0 aliphatic carbocycles. The number of hydrogen-bond donors (Lipinski definition) is 2. The van der Waals surface area contributed by atoms with E-state index in [1.165, 1.54) is 45.3 Å². The first-order chi connectivity index (χ1) is 7.79. The number of aliphatic hydroxyl groups is 1. The third kappa shape index (κ3) is 3.19. The van der Waals surface area contributed by atoms with Gasteiger partial charge in [-0.3, -0.25) is 0 Å². The Hall–Kier alpha value is -0.120. The van der Waals surface area contributed by atoms with E-state index in [4.69, 9.17) is 5.11 Å². The largest absolute Gasteiger partial charge is 0.396 e. The van der Waals surface area contributed by atoms with Crippen LogP contribution in [0.15, 0.2) is 0 Å². The monoisotopic (exact) mass is 226 g/mol. The minimum atomic E-state index is 0.322. The van der Waals surface area contributed by atoms with Crippen molar-refractivity contribution >= 4 is 0 Å². The molecule has 0 radical (unpaired) electrons. The Kier molecular flexibility index (Phi) is 4.62. The van der Waals surface area contributed by atoms with E-state index in [9.17, 15) is 0 Å². The molecule has 3 heteroatoms. The SMILES string of the molecule is CC(CO)CN1CCCC(C2CCCN2)C1. The van der Waals surface area contributed by atoms with E-state index in [2.05, 4.69) is 17.1 Å². The quantitative estimate of drug-likeness (QED) is 0.753. The van der Waals surface area contributed by atoms with Crippen molar-refractivity contribution in [3.63, 3.8) is 0 Å². The maximum atomic E-state index is 9.10. The van der Waals surface area contributed by atoms with Gasteiger partial charge in [0, 0.05) is 25.7 Å². The van der Waals surface area contributed by atoms with E-state index in [0.29, 0.717) is 12.5 Å². The van der Waals surface area contributed by atoms with Gasteiger partial charge in [-0.05, 0) is 50.6 Å². The molecule has 16 heavy (non-hydrogen) atoms. The summed E-state index contributed by atoms with van der Waals surface area (Å²) < 4.78 is 0. The summed E-state index contributed by atoms with van der Waals surface area (Å²) in [5.41, 5.74) is 0. The molecule has 2 fully saturated rings. The summed E-state index contributed by atoms with van der Waals surface area (Å²) >= 11 is 0. The molecule has 0 amide bonds. The van der Waals surface area contributed by atoms with E-state index in [1.807, 2.05) is 0 Å². The Labute approximate surface area is 99.2 Å². The molecule has 2 saturated heterocycles. The molecule has 2 N–H and O–H groups in total. The van der Waals surface area contributed by atoms with Crippen molar-refractivity contribution in [1.29, 1.82) is 0 Å². The zero-order valence-electron chi connectivity index (χ0n) is 10.5. The minimum Gasteiger partial charge on any atom is -0.396 e. The number of aliphatic hydroxyl groups excluding tert-OH is 1. The maximum absolute atomic E-state index is 9.10. The van der Waals surface area contributed by atoms with E-state index in [1.54, 1.807) is 0 Å². The van der Waals surface area contributed by atoms with Crippen LogP contribution < -0.4 is 5.32 Å². The highest BCUT2D eigenvalue weighted by molar-refractivity contribution is 4.86. The van der Waals surface area contributed by atoms with Gasteiger partial charge in [0.25, 0.3) is 0 Å². The molecule has 0 aromatic rings. The summed E-state index contributed by atoms with van der Waals surface area (Å²) in [4.78, 5) is 2.55. The molecule has 3 nitrogen and oxygen atoms in total.